The number of rotatable bonds is 6. The van der Waals surface area contributed by atoms with Crippen molar-refractivity contribution in [3.8, 4) is 5.75 Å². The van der Waals surface area contributed by atoms with Gasteiger partial charge in [0.05, 0.1) is 6.04 Å². The molecule has 0 unspecified atom stereocenters. The van der Waals surface area contributed by atoms with Crippen LogP contribution in [0.5, 0.6) is 5.75 Å². The van der Waals surface area contributed by atoms with E-state index in [-0.39, 0.29) is 18.6 Å². The van der Waals surface area contributed by atoms with E-state index in [9.17, 15) is 4.79 Å². The molecule has 0 aromatic heterocycles. The van der Waals surface area contributed by atoms with Gasteiger partial charge in [-0.2, -0.15) is 0 Å². The predicted octanol–water partition coefficient (Wildman–Crippen LogP) is 4.37. The topological polar surface area (TPSA) is 38.3 Å². The van der Waals surface area contributed by atoms with E-state index in [0.29, 0.717) is 5.92 Å². The van der Waals surface area contributed by atoms with Crippen LogP contribution in [0, 0.1) is 6.92 Å². The summed E-state index contributed by atoms with van der Waals surface area (Å²) in [5.41, 5.74) is 3.33. The summed E-state index contributed by atoms with van der Waals surface area (Å²) in [6.45, 7) is 8.26. The molecule has 0 fully saturated rings. The van der Waals surface area contributed by atoms with Crippen molar-refractivity contribution in [1.82, 2.24) is 5.32 Å². The molecule has 3 nitrogen and oxygen atoms in total. The fourth-order valence-electron chi connectivity index (χ4n) is 2.50. The van der Waals surface area contributed by atoms with Gasteiger partial charge in [-0.3, -0.25) is 4.79 Å². The Morgan fingerprint density at radius 3 is 2.43 bits per heavy atom. The molecule has 2 aromatic carbocycles. The third kappa shape index (κ3) is 4.85. The average Bonchev–Trinajstić information content (AvgIpc) is 2.53. The molecule has 1 atom stereocenters. The summed E-state index contributed by atoms with van der Waals surface area (Å²) >= 11 is 0. The normalized spacial score (nSPS) is 12.0. The lowest BCUT2D eigenvalue weighted by molar-refractivity contribution is -0.123. The van der Waals surface area contributed by atoms with Crippen LogP contribution in [0.1, 0.15) is 49.4 Å². The maximum atomic E-state index is 12.1. The maximum Gasteiger partial charge on any atom is 0.258 e. The van der Waals surface area contributed by atoms with Crippen LogP contribution in [0.15, 0.2) is 48.5 Å². The molecule has 0 aliphatic heterocycles. The second-order valence-corrected chi connectivity index (χ2v) is 6.18. The van der Waals surface area contributed by atoms with E-state index in [1.807, 2.05) is 50.2 Å². The largest absolute Gasteiger partial charge is 0.483 e. The summed E-state index contributed by atoms with van der Waals surface area (Å²) in [5.74, 6) is 1.04. The number of ether oxygens (including phenoxy) is 1. The molecule has 0 radical (unpaired) electrons. The minimum atomic E-state index is -0.113. The zero-order valence-electron chi connectivity index (χ0n) is 14.3. The van der Waals surface area contributed by atoms with Crippen molar-refractivity contribution >= 4 is 5.91 Å². The van der Waals surface area contributed by atoms with Gasteiger partial charge in [-0.15, -0.1) is 0 Å². The summed E-state index contributed by atoms with van der Waals surface area (Å²) in [6.07, 6.45) is 0. The lowest BCUT2D eigenvalue weighted by atomic mass is 10.0. The summed E-state index contributed by atoms with van der Waals surface area (Å²) in [5, 5.41) is 2.97. The first kappa shape index (κ1) is 17.1. The van der Waals surface area contributed by atoms with E-state index in [1.165, 1.54) is 0 Å². The zero-order chi connectivity index (χ0) is 16.8. The van der Waals surface area contributed by atoms with Gasteiger partial charge < -0.3 is 10.1 Å². The van der Waals surface area contributed by atoms with E-state index in [1.54, 1.807) is 0 Å². The number of carbonyl (C=O) groups is 1. The average molecular weight is 311 g/mol. The van der Waals surface area contributed by atoms with Crippen LogP contribution in [0.3, 0.4) is 0 Å². The van der Waals surface area contributed by atoms with Crippen molar-refractivity contribution in [2.75, 3.05) is 6.61 Å². The van der Waals surface area contributed by atoms with Gasteiger partial charge in [0, 0.05) is 0 Å². The Bertz CT molecular complexity index is 650. The maximum absolute atomic E-state index is 12.1. The predicted molar refractivity (Wildman–Crippen MR) is 93.8 cm³/mol. The van der Waals surface area contributed by atoms with Crippen molar-refractivity contribution in [2.45, 2.75) is 39.7 Å². The summed E-state index contributed by atoms with van der Waals surface area (Å²) in [7, 11) is 0. The molecule has 3 heteroatoms. The highest BCUT2D eigenvalue weighted by Crippen LogP contribution is 2.27. The van der Waals surface area contributed by atoms with Gasteiger partial charge in [-0.05, 0) is 42.5 Å². The molecule has 0 aliphatic carbocycles. The van der Waals surface area contributed by atoms with Gasteiger partial charge in [0.25, 0.3) is 5.91 Å². The first-order valence-corrected chi connectivity index (χ1v) is 8.05. The van der Waals surface area contributed by atoms with Crippen LogP contribution >= 0.6 is 0 Å². The number of carbonyl (C=O) groups excluding carboxylic acids is 1. The summed E-state index contributed by atoms with van der Waals surface area (Å²) < 4.78 is 5.77. The molecule has 0 heterocycles. The Kier molecular flexibility index (Phi) is 5.80. The highest BCUT2D eigenvalue weighted by atomic mass is 16.5. The smallest absolute Gasteiger partial charge is 0.258 e. The summed E-state index contributed by atoms with van der Waals surface area (Å²) in [4.78, 5) is 12.1. The third-order valence-corrected chi connectivity index (χ3v) is 3.83. The van der Waals surface area contributed by atoms with Gasteiger partial charge in [-0.1, -0.05) is 56.3 Å². The monoisotopic (exact) mass is 311 g/mol. The van der Waals surface area contributed by atoms with Crippen molar-refractivity contribution in [3.05, 3.63) is 65.2 Å². The molecule has 2 aromatic rings. The zero-order valence-corrected chi connectivity index (χ0v) is 14.3. The van der Waals surface area contributed by atoms with E-state index in [2.05, 4.69) is 31.3 Å². The Morgan fingerprint density at radius 2 is 1.78 bits per heavy atom. The number of hydrogen-bond acceptors (Lipinski definition) is 2. The van der Waals surface area contributed by atoms with Gasteiger partial charge in [0.15, 0.2) is 6.61 Å². The fourth-order valence-corrected chi connectivity index (χ4v) is 2.50. The van der Waals surface area contributed by atoms with Crippen molar-refractivity contribution < 1.29 is 9.53 Å². The molecule has 0 bridgehead atoms. The molecule has 23 heavy (non-hydrogen) atoms. The molecular formula is C20H25NO2. The second kappa shape index (κ2) is 7.82. The van der Waals surface area contributed by atoms with Gasteiger partial charge in [0.1, 0.15) is 5.75 Å². The molecule has 122 valence electrons. The first-order chi connectivity index (χ1) is 11.0. The van der Waals surface area contributed by atoms with Crippen LogP contribution in [0.25, 0.3) is 0 Å². The Balaban J connectivity index is 1.96. The van der Waals surface area contributed by atoms with E-state index >= 15 is 0 Å². The number of aryl methyl sites for hydroxylation is 1. The van der Waals surface area contributed by atoms with Crippen LogP contribution < -0.4 is 10.1 Å². The molecule has 1 amide bonds. The number of benzene rings is 2. The van der Waals surface area contributed by atoms with Crippen LogP contribution in [0.2, 0.25) is 0 Å². The minimum absolute atomic E-state index is 0.0281. The third-order valence-electron chi connectivity index (χ3n) is 3.83. The number of hydrogen-bond donors (Lipinski definition) is 1. The fraction of sp³-hybridized carbons (Fsp3) is 0.350. The first-order valence-electron chi connectivity index (χ1n) is 8.05. The van der Waals surface area contributed by atoms with Gasteiger partial charge in [-0.25, -0.2) is 0 Å². The molecule has 0 aliphatic rings. The minimum Gasteiger partial charge on any atom is -0.483 e. The van der Waals surface area contributed by atoms with Crippen LogP contribution in [-0.2, 0) is 4.79 Å². The van der Waals surface area contributed by atoms with E-state index < -0.39 is 0 Å². The second-order valence-electron chi connectivity index (χ2n) is 6.18. The Hall–Kier alpha value is -2.29. The quantitative estimate of drug-likeness (QED) is 0.860. The lowest BCUT2D eigenvalue weighted by Crippen LogP contribution is -2.31. The molecule has 2 rings (SSSR count). The Morgan fingerprint density at radius 1 is 1.09 bits per heavy atom. The molecule has 1 N–H and O–H groups in total. The van der Waals surface area contributed by atoms with Gasteiger partial charge >= 0.3 is 0 Å². The van der Waals surface area contributed by atoms with E-state index in [0.717, 1.165) is 22.4 Å². The standard InChI is InChI=1S/C20H25NO2/c1-14(2)18-11-10-15(3)12-19(18)23-13-20(22)21-16(4)17-8-6-5-7-9-17/h5-12,14,16H,13H2,1-4H3,(H,21,22)/t16-/m0/s1. The highest BCUT2D eigenvalue weighted by molar-refractivity contribution is 5.78. The van der Waals surface area contributed by atoms with Crippen LogP contribution in [0.4, 0.5) is 0 Å². The lowest BCUT2D eigenvalue weighted by Gasteiger charge is -2.17. The summed E-state index contributed by atoms with van der Waals surface area (Å²) in [6, 6.07) is 16.0. The van der Waals surface area contributed by atoms with Crippen molar-refractivity contribution in [1.29, 1.82) is 0 Å². The van der Waals surface area contributed by atoms with Gasteiger partial charge in [0.2, 0.25) is 0 Å². The molecular weight excluding hydrogens is 286 g/mol. The van der Waals surface area contributed by atoms with E-state index in [4.69, 9.17) is 4.74 Å². The molecule has 0 saturated heterocycles. The van der Waals surface area contributed by atoms with Crippen molar-refractivity contribution in [2.24, 2.45) is 0 Å². The molecule has 0 spiro atoms. The highest BCUT2D eigenvalue weighted by Gasteiger charge is 2.12. The SMILES string of the molecule is Cc1ccc(C(C)C)c(OCC(=O)N[C@@H](C)c2ccccc2)c1. The Labute approximate surface area is 138 Å². The molecule has 0 saturated carbocycles. The van der Waals surface area contributed by atoms with Crippen LogP contribution in [-0.4, -0.2) is 12.5 Å². The number of amides is 1. The van der Waals surface area contributed by atoms with Crippen molar-refractivity contribution in [3.63, 3.8) is 0 Å². The number of nitrogens with one attached hydrogen (secondary N) is 1.